The van der Waals surface area contributed by atoms with E-state index in [-0.39, 0.29) is 36.9 Å². The standard InChI is InChI=1S/C20H22N2O8/c1-4-28-18-10-15(16(22(25)26)11-17(18)27-3)20(24)21-13-7-6-8-14(9-13)30-12-19(23)29-5-2/h6-11H,4-5,12H2,1-3H3,(H,21,24). The van der Waals surface area contributed by atoms with E-state index in [0.29, 0.717) is 11.4 Å². The zero-order chi connectivity index (χ0) is 22.1. The summed E-state index contributed by atoms with van der Waals surface area (Å²) in [5.41, 5.74) is -0.297. The topological polar surface area (TPSA) is 126 Å². The summed E-state index contributed by atoms with van der Waals surface area (Å²) in [6.07, 6.45) is 0. The van der Waals surface area contributed by atoms with Crippen LogP contribution in [0.3, 0.4) is 0 Å². The first kappa shape index (κ1) is 22.5. The molecule has 30 heavy (non-hydrogen) atoms. The van der Waals surface area contributed by atoms with Gasteiger partial charge >= 0.3 is 5.97 Å². The second-order valence-electron chi connectivity index (χ2n) is 5.79. The molecule has 1 N–H and O–H groups in total. The summed E-state index contributed by atoms with van der Waals surface area (Å²) < 4.78 is 20.6. The number of ether oxygens (including phenoxy) is 4. The number of nitro benzene ring substituents is 1. The molecular formula is C20H22N2O8. The molecule has 0 fully saturated rings. The average molecular weight is 418 g/mol. The zero-order valence-corrected chi connectivity index (χ0v) is 16.8. The summed E-state index contributed by atoms with van der Waals surface area (Å²) in [5.74, 6) is -0.561. The third-order valence-corrected chi connectivity index (χ3v) is 3.78. The van der Waals surface area contributed by atoms with E-state index in [1.54, 1.807) is 32.0 Å². The van der Waals surface area contributed by atoms with Crippen molar-refractivity contribution in [3.05, 3.63) is 52.1 Å². The van der Waals surface area contributed by atoms with Crippen molar-refractivity contribution >= 4 is 23.3 Å². The Bertz CT molecular complexity index is 929. The van der Waals surface area contributed by atoms with Gasteiger partial charge in [-0.25, -0.2) is 4.79 Å². The monoisotopic (exact) mass is 418 g/mol. The van der Waals surface area contributed by atoms with Crippen LogP contribution in [0.2, 0.25) is 0 Å². The lowest BCUT2D eigenvalue weighted by molar-refractivity contribution is -0.385. The van der Waals surface area contributed by atoms with E-state index in [1.165, 1.54) is 19.2 Å². The van der Waals surface area contributed by atoms with Crippen LogP contribution in [0.4, 0.5) is 11.4 Å². The molecule has 0 aliphatic carbocycles. The number of hydrogen-bond acceptors (Lipinski definition) is 8. The van der Waals surface area contributed by atoms with Crippen LogP contribution in [0.15, 0.2) is 36.4 Å². The van der Waals surface area contributed by atoms with Crippen LogP contribution in [0.5, 0.6) is 17.2 Å². The van der Waals surface area contributed by atoms with Crippen LogP contribution in [-0.2, 0) is 9.53 Å². The summed E-state index contributed by atoms with van der Waals surface area (Å²) in [6, 6.07) is 8.65. The Kier molecular flexibility index (Phi) is 7.98. The molecule has 0 bridgehead atoms. The molecule has 0 aliphatic rings. The Morgan fingerprint density at radius 3 is 2.47 bits per heavy atom. The molecule has 0 radical (unpaired) electrons. The molecule has 2 aromatic rings. The van der Waals surface area contributed by atoms with Gasteiger partial charge in [-0.05, 0) is 26.0 Å². The number of benzene rings is 2. The van der Waals surface area contributed by atoms with Gasteiger partial charge in [-0.3, -0.25) is 14.9 Å². The first-order valence-corrected chi connectivity index (χ1v) is 9.08. The molecule has 0 atom stereocenters. The molecule has 0 spiro atoms. The Labute approximate surface area is 172 Å². The van der Waals surface area contributed by atoms with E-state index in [1.807, 2.05) is 0 Å². The molecule has 160 valence electrons. The molecule has 2 rings (SSSR count). The van der Waals surface area contributed by atoms with E-state index in [9.17, 15) is 19.7 Å². The third-order valence-electron chi connectivity index (χ3n) is 3.78. The van der Waals surface area contributed by atoms with Crippen LogP contribution in [0, 0.1) is 10.1 Å². The van der Waals surface area contributed by atoms with Crippen molar-refractivity contribution in [2.45, 2.75) is 13.8 Å². The predicted molar refractivity (Wildman–Crippen MR) is 107 cm³/mol. The first-order valence-electron chi connectivity index (χ1n) is 9.08. The van der Waals surface area contributed by atoms with Crippen molar-refractivity contribution in [1.82, 2.24) is 0 Å². The van der Waals surface area contributed by atoms with Gasteiger partial charge in [0.05, 0.1) is 31.3 Å². The fraction of sp³-hybridized carbons (Fsp3) is 0.300. The fourth-order valence-corrected chi connectivity index (χ4v) is 2.52. The van der Waals surface area contributed by atoms with Gasteiger partial charge in [-0.1, -0.05) is 6.07 Å². The second kappa shape index (κ2) is 10.6. The van der Waals surface area contributed by atoms with Crippen molar-refractivity contribution < 1.29 is 33.5 Å². The number of nitrogens with one attached hydrogen (secondary N) is 1. The van der Waals surface area contributed by atoms with Gasteiger partial charge in [0, 0.05) is 17.8 Å². The number of carbonyl (C=O) groups is 2. The van der Waals surface area contributed by atoms with Gasteiger partial charge in [-0.2, -0.15) is 0 Å². The number of carbonyl (C=O) groups excluding carboxylic acids is 2. The molecular weight excluding hydrogens is 396 g/mol. The van der Waals surface area contributed by atoms with E-state index in [2.05, 4.69) is 5.32 Å². The summed E-state index contributed by atoms with van der Waals surface area (Å²) in [7, 11) is 1.35. The largest absolute Gasteiger partial charge is 0.493 e. The average Bonchev–Trinajstić information content (AvgIpc) is 2.72. The van der Waals surface area contributed by atoms with Crippen LogP contribution in [-0.4, -0.2) is 43.7 Å². The van der Waals surface area contributed by atoms with Crippen LogP contribution < -0.4 is 19.5 Å². The first-order chi connectivity index (χ1) is 14.4. The smallest absolute Gasteiger partial charge is 0.344 e. The zero-order valence-electron chi connectivity index (χ0n) is 16.8. The van der Waals surface area contributed by atoms with E-state index >= 15 is 0 Å². The second-order valence-corrected chi connectivity index (χ2v) is 5.79. The number of rotatable bonds is 10. The highest BCUT2D eigenvalue weighted by Crippen LogP contribution is 2.35. The van der Waals surface area contributed by atoms with Gasteiger partial charge in [0.25, 0.3) is 11.6 Å². The van der Waals surface area contributed by atoms with Crippen molar-refractivity contribution in [2.75, 3.05) is 32.2 Å². The number of methoxy groups -OCH3 is 1. The minimum absolute atomic E-state index is 0.148. The van der Waals surface area contributed by atoms with Crippen LogP contribution in [0.1, 0.15) is 24.2 Å². The Balaban J connectivity index is 2.24. The van der Waals surface area contributed by atoms with E-state index < -0.39 is 22.5 Å². The van der Waals surface area contributed by atoms with Gasteiger partial charge in [0.2, 0.25) is 0 Å². The summed E-state index contributed by atoms with van der Waals surface area (Å²) >= 11 is 0. The minimum Gasteiger partial charge on any atom is -0.493 e. The van der Waals surface area contributed by atoms with Crippen LogP contribution >= 0.6 is 0 Å². The van der Waals surface area contributed by atoms with Crippen molar-refractivity contribution in [1.29, 1.82) is 0 Å². The quantitative estimate of drug-likeness (QED) is 0.354. The lowest BCUT2D eigenvalue weighted by atomic mass is 10.1. The highest BCUT2D eigenvalue weighted by atomic mass is 16.6. The van der Waals surface area contributed by atoms with E-state index in [0.717, 1.165) is 6.07 Å². The lowest BCUT2D eigenvalue weighted by Gasteiger charge is -2.12. The predicted octanol–water partition coefficient (Wildman–Crippen LogP) is 3.20. The highest BCUT2D eigenvalue weighted by Gasteiger charge is 2.25. The number of hydrogen-bond donors (Lipinski definition) is 1. The molecule has 0 aliphatic heterocycles. The maximum absolute atomic E-state index is 12.7. The molecule has 0 heterocycles. The number of esters is 1. The normalized spacial score (nSPS) is 10.1. The molecule has 10 heteroatoms. The molecule has 0 saturated heterocycles. The summed E-state index contributed by atoms with van der Waals surface area (Å²) in [4.78, 5) is 34.9. The Hall–Kier alpha value is -3.82. The summed E-state index contributed by atoms with van der Waals surface area (Å²) in [5, 5.41) is 14.0. The van der Waals surface area contributed by atoms with Gasteiger partial charge in [0.15, 0.2) is 18.1 Å². The van der Waals surface area contributed by atoms with Gasteiger partial charge in [0.1, 0.15) is 11.3 Å². The van der Waals surface area contributed by atoms with Crippen molar-refractivity contribution in [3.63, 3.8) is 0 Å². The molecule has 0 saturated carbocycles. The Morgan fingerprint density at radius 2 is 1.83 bits per heavy atom. The number of amides is 1. The van der Waals surface area contributed by atoms with Gasteiger partial charge < -0.3 is 24.3 Å². The maximum Gasteiger partial charge on any atom is 0.344 e. The minimum atomic E-state index is -0.715. The highest BCUT2D eigenvalue weighted by molar-refractivity contribution is 6.07. The maximum atomic E-state index is 12.7. The number of nitro groups is 1. The van der Waals surface area contributed by atoms with Crippen molar-refractivity contribution in [2.24, 2.45) is 0 Å². The van der Waals surface area contributed by atoms with Gasteiger partial charge in [-0.15, -0.1) is 0 Å². The third kappa shape index (κ3) is 5.84. The number of anilines is 1. The summed E-state index contributed by atoms with van der Waals surface area (Å²) in [6.45, 7) is 3.66. The number of nitrogens with zero attached hydrogens (tertiary/aromatic N) is 1. The lowest BCUT2D eigenvalue weighted by Crippen LogP contribution is -2.16. The van der Waals surface area contributed by atoms with Crippen LogP contribution in [0.25, 0.3) is 0 Å². The Morgan fingerprint density at radius 1 is 1.07 bits per heavy atom. The SMILES string of the molecule is CCOC(=O)COc1cccc(NC(=O)c2cc(OCC)c(OC)cc2[N+](=O)[O-])c1. The van der Waals surface area contributed by atoms with Crippen molar-refractivity contribution in [3.8, 4) is 17.2 Å². The molecule has 1 amide bonds. The molecule has 2 aromatic carbocycles. The molecule has 0 unspecified atom stereocenters. The molecule has 0 aromatic heterocycles. The molecule has 10 nitrogen and oxygen atoms in total. The van der Waals surface area contributed by atoms with E-state index in [4.69, 9.17) is 18.9 Å². The fourth-order valence-electron chi connectivity index (χ4n) is 2.52.